The fourth-order valence-electron chi connectivity index (χ4n) is 6.30. The molecule has 0 spiro atoms. The van der Waals surface area contributed by atoms with Crippen LogP contribution in [0.2, 0.25) is 18.1 Å². The number of methoxy groups -OCH3 is 1. The van der Waals surface area contributed by atoms with Gasteiger partial charge in [0, 0.05) is 27.8 Å². The number of ether oxygens (including phenoxy) is 1. The fraction of sp³-hybridized carbons (Fsp3) is 0.618. The zero-order chi connectivity index (χ0) is 29.1. The van der Waals surface area contributed by atoms with E-state index in [1.807, 2.05) is 0 Å². The van der Waals surface area contributed by atoms with Crippen molar-refractivity contribution in [2.45, 2.75) is 109 Å². The van der Waals surface area contributed by atoms with Gasteiger partial charge in [-0.25, -0.2) is 0 Å². The lowest BCUT2D eigenvalue weighted by atomic mass is 9.78. The highest BCUT2D eigenvalue weighted by molar-refractivity contribution is 14.1. The van der Waals surface area contributed by atoms with Crippen LogP contribution in [0.4, 0.5) is 5.69 Å². The van der Waals surface area contributed by atoms with Gasteiger partial charge in [-0.1, -0.05) is 39.0 Å². The summed E-state index contributed by atoms with van der Waals surface area (Å²) >= 11 is 2.37. The quantitative estimate of drug-likeness (QED) is 0.207. The van der Waals surface area contributed by atoms with E-state index in [2.05, 4.69) is 111 Å². The molecule has 0 bridgehead atoms. The topological polar surface area (TPSA) is 38.8 Å². The van der Waals surface area contributed by atoms with E-state index in [0.29, 0.717) is 23.8 Å². The van der Waals surface area contributed by atoms with Crippen LogP contribution in [0.1, 0.15) is 89.2 Å². The second-order valence-electron chi connectivity index (χ2n) is 13.7. The number of hydrogen-bond acceptors (Lipinski definition) is 3. The minimum absolute atomic E-state index is 0.0933. The number of rotatable bonds is 8. The van der Waals surface area contributed by atoms with Crippen LogP contribution in [0.5, 0.6) is 5.75 Å². The molecule has 0 atom stereocenters. The molecule has 2 aromatic rings. The zero-order valence-electron chi connectivity index (χ0n) is 25.8. The molecule has 2 aliphatic carbocycles. The largest absolute Gasteiger partial charge is 0.496 e. The van der Waals surface area contributed by atoms with E-state index in [1.165, 1.54) is 27.5 Å². The predicted octanol–water partition coefficient (Wildman–Crippen LogP) is 9.50. The summed E-state index contributed by atoms with van der Waals surface area (Å²) in [5.74, 6) is 2.51. The molecular formula is C34H50INO3Si. The van der Waals surface area contributed by atoms with Crippen molar-refractivity contribution in [1.29, 1.82) is 0 Å². The Morgan fingerprint density at radius 3 is 2.23 bits per heavy atom. The molecule has 2 aromatic carbocycles. The number of halogens is 1. The van der Waals surface area contributed by atoms with Crippen molar-refractivity contribution < 1.29 is 14.0 Å². The molecular weight excluding hydrogens is 625 g/mol. The van der Waals surface area contributed by atoms with Crippen molar-refractivity contribution in [3.8, 4) is 5.75 Å². The summed E-state index contributed by atoms with van der Waals surface area (Å²) in [7, 11) is -0.0537. The summed E-state index contributed by atoms with van der Waals surface area (Å²) in [6, 6.07) is 15.2. The third-order valence-electron chi connectivity index (χ3n) is 9.85. The highest BCUT2D eigenvalue weighted by Gasteiger charge is 2.41. The number of aryl methyl sites for hydroxylation is 1. The van der Waals surface area contributed by atoms with E-state index in [4.69, 9.17) is 9.16 Å². The standard InChI is InChI=1S/C34H50INO3Si/c1-24-21-28(17-20-32(24)38-5)26-13-11-25(12-14-26)23-36(30-10-8-9-29(35)22-30)33(37)27-15-18-31(19-16-27)39-40(6,7)34(2,3)4/h8-10,17,20-22,25-27,31H,11-16,18-19,23H2,1-7H3. The number of amides is 1. The van der Waals surface area contributed by atoms with Gasteiger partial charge in [-0.2, -0.15) is 0 Å². The van der Waals surface area contributed by atoms with Gasteiger partial charge in [-0.15, -0.1) is 0 Å². The summed E-state index contributed by atoms with van der Waals surface area (Å²) in [6.07, 6.45) is 8.84. The Balaban J connectivity index is 1.40. The molecule has 0 unspecified atom stereocenters. The SMILES string of the molecule is COc1ccc(C2CCC(CN(C(=O)C3CCC(O[Si](C)(C)C(C)(C)C)CC3)c3cccc(I)c3)CC2)cc1C. The van der Waals surface area contributed by atoms with E-state index >= 15 is 0 Å². The zero-order valence-corrected chi connectivity index (χ0v) is 28.9. The van der Waals surface area contributed by atoms with Gasteiger partial charge in [-0.05, 0) is 146 Å². The second kappa shape index (κ2) is 13.3. The maximum Gasteiger partial charge on any atom is 0.230 e. The molecule has 0 radical (unpaired) electrons. The lowest BCUT2D eigenvalue weighted by molar-refractivity contribution is -0.124. The first-order valence-electron chi connectivity index (χ1n) is 15.3. The van der Waals surface area contributed by atoms with Gasteiger partial charge < -0.3 is 14.1 Å². The maximum atomic E-state index is 14.1. The predicted molar refractivity (Wildman–Crippen MR) is 178 cm³/mol. The highest BCUT2D eigenvalue weighted by atomic mass is 127. The number of nitrogens with zero attached hydrogens (tertiary/aromatic N) is 1. The van der Waals surface area contributed by atoms with Crippen LogP contribution in [0, 0.1) is 22.3 Å². The Morgan fingerprint density at radius 1 is 0.975 bits per heavy atom. The number of carbonyl (C=O) groups excluding carboxylic acids is 1. The van der Waals surface area contributed by atoms with Crippen molar-refractivity contribution in [3.63, 3.8) is 0 Å². The molecule has 2 fully saturated rings. The van der Waals surface area contributed by atoms with Gasteiger partial charge in [0.2, 0.25) is 5.91 Å². The van der Waals surface area contributed by atoms with Crippen LogP contribution in [0.15, 0.2) is 42.5 Å². The molecule has 2 aliphatic rings. The summed E-state index contributed by atoms with van der Waals surface area (Å²) in [5, 5.41) is 0.214. The summed E-state index contributed by atoms with van der Waals surface area (Å²) in [5.41, 5.74) is 3.70. The van der Waals surface area contributed by atoms with Crippen molar-refractivity contribution in [2.75, 3.05) is 18.6 Å². The van der Waals surface area contributed by atoms with E-state index in [1.54, 1.807) is 7.11 Å². The third kappa shape index (κ3) is 7.71. The molecule has 40 heavy (non-hydrogen) atoms. The first-order valence-corrected chi connectivity index (χ1v) is 19.3. The average molecular weight is 676 g/mol. The van der Waals surface area contributed by atoms with Crippen LogP contribution >= 0.6 is 22.6 Å². The van der Waals surface area contributed by atoms with E-state index in [0.717, 1.165) is 56.5 Å². The first-order chi connectivity index (χ1) is 18.9. The minimum Gasteiger partial charge on any atom is -0.496 e. The Hall–Kier alpha value is -1.38. The number of anilines is 1. The van der Waals surface area contributed by atoms with Crippen LogP contribution in [-0.2, 0) is 9.22 Å². The van der Waals surface area contributed by atoms with Gasteiger partial charge in [0.25, 0.3) is 0 Å². The van der Waals surface area contributed by atoms with Crippen LogP contribution in [-0.4, -0.2) is 34.0 Å². The van der Waals surface area contributed by atoms with Crippen LogP contribution < -0.4 is 9.64 Å². The second-order valence-corrected chi connectivity index (χ2v) is 19.7. The van der Waals surface area contributed by atoms with Crippen molar-refractivity contribution in [2.24, 2.45) is 11.8 Å². The molecule has 1 amide bonds. The number of benzene rings is 2. The number of hydrogen-bond donors (Lipinski definition) is 0. The highest BCUT2D eigenvalue weighted by Crippen LogP contribution is 2.41. The van der Waals surface area contributed by atoms with E-state index in [-0.39, 0.29) is 11.0 Å². The molecule has 6 heteroatoms. The average Bonchev–Trinajstić information content (AvgIpc) is 2.91. The van der Waals surface area contributed by atoms with Gasteiger partial charge in [0.15, 0.2) is 8.32 Å². The normalized spacial score (nSPS) is 24.0. The lowest BCUT2D eigenvalue weighted by Crippen LogP contribution is -2.46. The third-order valence-corrected chi connectivity index (χ3v) is 15.1. The van der Waals surface area contributed by atoms with Crippen molar-refractivity contribution in [3.05, 3.63) is 57.2 Å². The summed E-state index contributed by atoms with van der Waals surface area (Å²) in [6.45, 7) is 14.6. The summed E-state index contributed by atoms with van der Waals surface area (Å²) < 4.78 is 13.4. The molecule has 2 saturated carbocycles. The Kier molecular flexibility index (Phi) is 10.5. The van der Waals surface area contributed by atoms with Gasteiger partial charge in [-0.3, -0.25) is 4.79 Å². The Bertz CT molecular complexity index is 1140. The first kappa shape index (κ1) is 31.6. The summed E-state index contributed by atoms with van der Waals surface area (Å²) in [4.78, 5) is 16.2. The Labute approximate surface area is 257 Å². The van der Waals surface area contributed by atoms with Gasteiger partial charge in [0.05, 0.1) is 7.11 Å². The molecule has 0 N–H and O–H groups in total. The molecule has 0 aromatic heterocycles. The van der Waals surface area contributed by atoms with Gasteiger partial charge in [0.1, 0.15) is 5.75 Å². The minimum atomic E-state index is -1.79. The van der Waals surface area contributed by atoms with Crippen molar-refractivity contribution in [1.82, 2.24) is 0 Å². The van der Waals surface area contributed by atoms with Crippen molar-refractivity contribution >= 4 is 42.5 Å². The molecule has 0 aliphatic heterocycles. The van der Waals surface area contributed by atoms with E-state index in [9.17, 15) is 4.79 Å². The smallest absolute Gasteiger partial charge is 0.230 e. The molecule has 220 valence electrons. The van der Waals surface area contributed by atoms with Crippen LogP contribution in [0.25, 0.3) is 0 Å². The molecule has 0 saturated heterocycles. The fourth-order valence-corrected chi connectivity index (χ4v) is 8.25. The molecule has 0 heterocycles. The van der Waals surface area contributed by atoms with E-state index < -0.39 is 8.32 Å². The monoisotopic (exact) mass is 675 g/mol. The Morgan fingerprint density at radius 2 is 1.65 bits per heavy atom. The van der Waals surface area contributed by atoms with Gasteiger partial charge >= 0.3 is 0 Å². The molecule has 4 rings (SSSR count). The maximum absolute atomic E-state index is 14.1. The molecule has 4 nitrogen and oxygen atoms in total. The number of carbonyl (C=O) groups is 1. The van der Waals surface area contributed by atoms with Crippen LogP contribution in [0.3, 0.4) is 0 Å². The lowest BCUT2D eigenvalue weighted by Gasteiger charge is -2.41.